The molecule has 1 aromatic carbocycles. The van der Waals surface area contributed by atoms with E-state index in [1.165, 1.54) is 25.7 Å². The van der Waals surface area contributed by atoms with Gasteiger partial charge in [-0.1, -0.05) is 50.5 Å². The second kappa shape index (κ2) is 7.39. The van der Waals surface area contributed by atoms with E-state index in [0.717, 1.165) is 23.5 Å². The summed E-state index contributed by atoms with van der Waals surface area (Å²) < 4.78 is 1.97. The quantitative estimate of drug-likeness (QED) is 0.797. The first-order chi connectivity index (χ1) is 9.76. The molecule has 0 fully saturated rings. The Kier molecular flexibility index (Phi) is 5.53. The topological polar surface area (TPSA) is 42.7 Å². The molecule has 20 heavy (non-hydrogen) atoms. The van der Waals surface area contributed by atoms with Crippen LogP contribution in [-0.2, 0) is 0 Å². The molecule has 4 nitrogen and oxygen atoms in total. The number of fused-ring (bicyclic) bond motifs is 1. The number of para-hydroxylation sites is 1. The molecule has 0 saturated carbocycles. The van der Waals surface area contributed by atoms with Gasteiger partial charge >= 0.3 is 0 Å². The lowest BCUT2D eigenvalue weighted by atomic mass is 9.99. The summed E-state index contributed by atoms with van der Waals surface area (Å²) in [6, 6.07) is 8.10. The highest BCUT2D eigenvalue weighted by atomic mass is 15.5. The maximum absolute atomic E-state index is 4.27. The van der Waals surface area contributed by atoms with Crippen LogP contribution < -0.4 is 5.32 Å². The van der Waals surface area contributed by atoms with Gasteiger partial charge in [0.05, 0.1) is 5.52 Å². The molecule has 0 amide bonds. The maximum atomic E-state index is 4.27. The summed E-state index contributed by atoms with van der Waals surface area (Å²) in [4.78, 5) is 0. The summed E-state index contributed by atoms with van der Waals surface area (Å²) >= 11 is 0. The second-order valence-electron chi connectivity index (χ2n) is 5.52. The van der Waals surface area contributed by atoms with Crippen LogP contribution >= 0.6 is 0 Å². The standard InChI is InChI=1S/C16H26N4/c1-4-6-9-14(5-2)12-17-13(3)20-16-11-8-7-10-15(16)18-19-20/h7-8,10-11,13-14,17H,4-6,9,12H2,1-3H3. The van der Waals surface area contributed by atoms with E-state index in [0.29, 0.717) is 0 Å². The highest BCUT2D eigenvalue weighted by molar-refractivity contribution is 5.73. The summed E-state index contributed by atoms with van der Waals surface area (Å²) in [7, 11) is 0. The number of hydrogen-bond donors (Lipinski definition) is 1. The van der Waals surface area contributed by atoms with Crippen LogP contribution in [0.1, 0.15) is 52.6 Å². The molecule has 4 heteroatoms. The molecule has 2 rings (SSSR count). The Morgan fingerprint density at radius 3 is 2.80 bits per heavy atom. The van der Waals surface area contributed by atoms with Crippen molar-refractivity contribution in [3.63, 3.8) is 0 Å². The smallest absolute Gasteiger partial charge is 0.113 e. The zero-order chi connectivity index (χ0) is 14.4. The summed E-state index contributed by atoms with van der Waals surface area (Å²) in [5.41, 5.74) is 2.05. The van der Waals surface area contributed by atoms with Gasteiger partial charge in [-0.15, -0.1) is 5.10 Å². The van der Waals surface area contributed by atoms with Gasteiger partial charge < -0.3 is 0 Å². The van der Waals surface area contributed by atoms with Crippen LogP contribution in [0.2, 0.25) is 0 Å². The molecule has 0 saturated heterocycles. The van der Waals surface area contributed by atoms with Crippen molar-refractivity contribution in [1.29, 1.82) is 0 Å². The largest absolute Gasteiger partial charge is 0.296 e. The Morgan fingerprint density at radius 2 is 2.05 bits per heavy atom. The minimum absolute atomic E-state index is 0.179. The Labute approximate surface area is 121 Å². The van der Waals surface area contributed by atoms with Gasteiger partial charge in [0.1, 0.15) is 11.7 Å². The van der Waals surface area contributed by atoms with E-state index < -0.39 is 0 Å². The highest BCUT2D eigenvalue weighted by Gasteiger charge is 2.12. The van der Waals surface area contributed by atoms with Crippen LogP contribution in [0.4, 0.5) is 0 Å². The lowest BCUT2D eigenvalue weighted by Gasteiger charge is -2.20. The van der Waals surface area contributed by atoms with Gasteiger partial charge in [-0.3, -0.25) is 5.32 Å². The zero-order valence-electron chi connectivity index (χ0n) is 12.8. The number of aromatic nitrogens is 3. The summed E-state index contributed by atoms with van der Waals surface area (Å²) in [5.74, 6) is 0.757. The van der Waals surface area contributed by atoms with Gasteiger partial charge in [-0.2, -0.15) is 0 Å². The van der Waals surface area contributed by atoms with Crippen LogP contribution in [-0.4, -0.2) is 21.5 Å². The predicted molar refractivity (Wildman–Crippen MR) is 83.5 cm³/mol. The van der Waals surface area contributed by atoms with Crippen molar-refractivity contribution < 1.29 is 0 Å². The Balaban J connectivity index is 1.96. The van der Waals surface area contributed by atoms with Gasteiger partial charge in [-0.05, 0) is 37.9 Å². The minimum atomic E-state index is 0.179. The lowest BCUT2D eigenvalue weighted by Crippen LogP contribution is -2.29. The van der Waals surface area contributed by atoms with Crippen molar-refractivity contribution >= 4 is 11.0 Å². The summed E-state index contributed by atoms with van der Waals surface area (Å²) in [5, 5.41) is 12.1. The molecular formula is C16H26N4. The minimum Gasteiger partial charge on any atom is -0.296 e. The van der Waals surface area contributed by atoms with Crippen molar-refractivity contribution in [2.45, 2.75) is 52.6 Å². The number of benzene rings is 1. The van der Waals surface area contributed by atoms with Crippen LogP contribution in [0.25, 0.3) is 11.0 Å². The molecule has 1 aromatic heterocycles. The van der Waals surface area contributed by atoms with E-state index >= 15 is 0 Å². The third-order valence-electron chi connectivity index (χ3n) is 3.99. The van der Waals surface area contributed by atoms with Gasteiger partial charge in [-0.25, -0.2) is 4.68 Å². The van der Waals surface area contributed by atoms with Crippen LogP contribution in [0, 0.1) is 5.92 Å². The number of rotatable bonds is 8. The average Bonchev–Trinajstić information content (AvgIpc) is 2.91. The first kappa shape index (κ1) is 15.0. The fourth-order valence-electron chi connectivity index (χ4n) is 2.54. The van der Waals surface area contributed by atoms with E-state index in [1.807, 2.05) is 22.9 Å². The molecule has 0 radical (unpaired) electrons. The third kappa shape index (κ3) is 3.57. The molecule has 0 spiro atoms. The molecule has 2 aromatic rings. The van der Waals surface area contributed by atoms with E-state index in [1.54, 1.807) is 0 Å². The Hall–Kier alpha value is -1.42. The van der Waals surface area contributed by atoms with E-state index in [4.69, 9.17) is 0 Å². The zero-order valence-corrected chi connectivity index (χ0v) is 12.8. The molecule has 2 unspecified atom stereocenters. The van der Waals surface area contributed by atoms with Crippen LogP contribution in [0.3, 0.4) is 0 Å². The molecule has 0 bridgehead atoms. The van der Waals surface area contributed by atoms with Gasteiger partial charge in [0.2, 0.25) is 0 Å². The lowest BCUT2D eigenvalue weighted by molar-refractivity contribution is 0.341. The van der Waals surface area contributed by atoms with E-state index in [-0.39, 0.29) is 6.17 Å². The molecule has 0 aliphatic rings. The van der Waals surface area contributed by atoms with Gasteiger partial charge in [0.25, 0.3) is 0 Å². The number of nitrogens with one attached hydrogen (secondary N) is 1. The molecular weight excluding hydrogens is 248 g/mol. The fourth-order valence-corrected chi connectivity index (χ4v) is 2.54. The van der Waals surface area contributed by atoms with Gasteiger partial charge in [0, 0.05) is 0 Å². The van der Waals surface area contributed by atoms with Crippen molar-refractivity contribution in [1.82, 2.24) is 20.3 Å². The Morgan fingerprint density at radius 1 is 1.25 bits per heavy atom. The molecule has 0 aliphatic heterocycles. The van der Waals surface area contributed by atoms with E-state index in [9.17, 15) is 0 Å². The molecule has 1 heterocycles. The number of hydrogen-bond acceptors (Lipinski definition) is 3. The number of unbranched alkanes of at least 4 members (excludes halogenated alkanes) is 1. The number of nitrogens with zero attached hydrogens (tertiary/aromatic N) is 3. The van der Waals surface area contributed by atoms with Crippen molar-refractivity contribution in [3.05, 3.63) is 24.3 Å². The Bertz CT molecular complexity index is 520. The third-order valence-corrected chi connectivity index (χ3v) is 3.99. The predicted octanol–water partition coefficient (Wildman–Crippen LogP) is 3.76. The van der Waals surface area contributed by atoms with Crippen molar-refractivity contribution in [2.24, 2.45) is 5.92 Å². The van der Waals surface area contributed by atoms with Crippen molar-refractivity contribution in [3.8, 4) is 0 Å². The molecule has 1 N–H and O–H groups in total. The molecule has 0 aliphatic carbocycles. The summed E-state index contributed by atoms with van der Waals surface area (Å²) in [6.07, 6.45) is 5.32. The maximum Gasteiger partial charge on any atom is 0.113 e. The average molecular weight is 274 g/mol. The van der Waals surface area contributed by atoms with E-state index in [2.05, 4.69) is 42.5 Å². The molecule has 110 valence electrons. The highest BCUT2D eigenvalue weighted by Crippen LogP contribution is 2.15. The fraction of sp³-hybridized carbons (Fsp3) is 0.625. The monoisotopic (exact) mass is 274 g/mol. The summed E-state index contributed by atoms with van der Waals surface area (Å²) in [6.45, 7) is 7.72. The normalized spacial score (nSPS) is 14.6. The second-order valence-corrected chi connectivity index (χ2v) is 5.52. The molecule has 2 atom stereocenters. The van der Waals surface area contributed by atoms with Gasteiger partial charge in [0.15, 0.2) is 0 Å². The SMILES string of the molecule is CCCCC(CC)CNC(C)n1nnc2ccccc21. The first-order valence-corrected chi connectivity index (χ1v) is 7.79. The van der Waals surface area contributed by atoms with Crippen LogP contribution in [0.5, 0.6) is 0 Å². The van der Waals surface area contributed by atoms with Crippen molar-refractivity contribution in [2.75, 3.05) is 6.54 Å². The first-order valence-electron chi connectivity index (χ1n) is 7.79. The van der Waals surface area contributed by atoms with Crippen LogP contribution in [0.15, 0.2) is 24.3 Å².